The Morgan fingerprint density at radius 1 is 1.24 bits per heavy atom. The zero-order valence-corrected chi connectivity index (χ0v) is 16.4. The highest BCUT2D eigenvalue weighted by molar-refractivity contribution is 5.91. The smallest absolute Gasteiger partial charge is 0.347 e. The molecule has 0 saturated carbocycles. The van der Waals surface area contributed by atoms with Gasteiger partial charge >= 0.3 is 5.69 Å². The molecule has 4 rings (SSSR count). The van der Waals surface area contributed by atoms with Crippen molar-refractivity contribution in [3.8, 4) is 5.69 Å². The third-order valence-corrected chi connectivity index (χ3v) is 5.43. The van der Waals surface area contributed by atoms with Gasteiger partial charge in [-0.2, -0.15) is 5.10 Å². The normalized spacial score (nSPS) is 15.3. The first-order chi connectivity index (χ1) is 14.1. The van der Waals surface area contributed by atoms with E-state index in [1.54, 1.807) is 29.0 Å². The highest BCUT2D eigenvalue weighted by atomic mass is 16.3. The van der Waals surface area contributed by atoms with E-state index in [-0.39, 0.29) is 11.6 Å². The van der Waals surface area contributed by atoms with Gasteiger partial charge in [0.25, 0.3) is 0 Å². The molecule has 0 atom stereocenters. The van der Waals surface area contributed by atoms with Crippen LogP contribution in [0.1, 0.15) is 30.0 Å². The molecule has 1 amide bonds. The Balaban J connectivity index is 1.39. The summed E-state index contributed by atoms with van der Waals surface area (Å²) in [6, 6.07) is 11.4. The first-order valence-electron chi connectivity index (χ1n) is 9.84. The molecule has 3 heterocycles. The van der Waals surface area contributed by atoms with E-state index in [0.29, 0.717) is 31.2 Å². The lowest BCUT2D eigenvalue weighted by Crippen LogP contribution is -2.38. The van der Waals surface area contributed by atoms with Crippen LogP contribution in [0.15, 0.2) is 57.9 Å². The fraction of sp³-hybridized carbons (Fsp3) is 0.318. The molecule has 0 unspecified atom stereocenters. The second kappa shape index (κ2) is 8.34. The van der Waals surface area contributed by atoms with Crippen molar-refractivity contribution in [1.29, 1.82) is 0 Å². The maximum absolute atomic E-state index is 12.4. The zero-order valence-electron chi connectivity index (χ0n) is 16.4. The molecular weight excluding hydrogens is 368 g/mol. The van der Waals surface area contributed by atoms with Crippen LogP contribution >= 0.6 is 0 Å². The predicted molar refractivity (Wildman–Crippen MR) is 110 cm³/mol. The first kappa shape index (κ1) is 19.0. The quantitative estimate of drug-likeness (QED) is 0.677. The molecule has 29 heavy (non-hydrogen) atoms. The van der Waals surface area contributed by atoms with E-state index in [9.17, 15) is 9.59 Å². The summed E-state index contributed by atoms with van der Waals surface area (Å²) in [6.45, 7) is 3.38. The summed E-state index contributed by atoms with van der Waals surface area (Å²) in [4.78, 5) is 26.6. The summed E-state index contributed by atoms with van der Waals surface area (Å²) in [5, 5.41) is 6.85. The van der Waals surface area contributed by atoms with Crippen LogP contribution in [0.25, 0.3) is 11.8 Å². The van der Waals surface area contributed by atoms with Crippen LogP contribution in [-0.4, -0.2) is 38.7 Å². The van der Waals surface area contributed by atoms with Gasteiger partial charge in [-0.3, -0.25) is 4.79 Å². The summed E-state index contributed by atoms with van der Waals surface area (Å²) in [5.41, 5.74) is 1.67. The van der Waals surface area contributed by atoms with E-state index in [4.69, 9.17) is 4.42 Å². The molecule has 1 aliphatic rings. The number of aromatic amines is 1. The number of carbonyl (C=O) groups is 1. The van der Waals surface area contributed by atoms with Crippen LogP contribution in [0, 0.1) is 12.8 Å². The summed E-state index contributed by atoms with van der Waals surface area (Å²) in [5.74, 6) is 1.79. The van der Waals surface area contributed by atoms with E-state index < -0.39 is 0 Å². The number of likely N-dealkylation sites (tertiary alicyclic amines) is 1. The minimum Gasteiger partial charge on any atom is -0.465 e. The molecule has 0 bridgehead atoms. The van der Waals surface area contributed by atoms with Gasteiger partial charge in [0.2, 0.25) is 5.91 Å². The number of benzene rings is 1. The number of piperidine rings is 1. The number of rotatable bonds is 5. The number of furan rings is 1. The van der Waals surface area contributed by atoms with Gasteiger partial charge in [0.15, 0.2) is 0 Å². The number of aryl methyl sites for hydroxylation is 1. The number of carbonyl (C=O) groups excluding carboxylic acids is 1. The summed E-state index contributed by atoms with van der Waals surface area (Å²) in [7, 11) is 0. The number of aromatic nitrogens is 3. The van der Waals surface area contributed by atoms with Gasteiger partial charge in [0, 0.05) is 25.6 Å². The Kier molecular flexibility index (Phi) is 5.46. The molecule has 0 spiro atoms. The Labute approximate surface area is 168 Å². The highest BCUT2D eigenvalue weighted by Crippen LogP contribution is 2.22. The average molecular weight is 392 g/mol. The topological polar surface area (TPSA) is 84.1 Å². The molecule has 0 aliphatic carbocycles. The molecule has 1 saturated heterocycles. The third kappa shape index (κ3) is 4.23. The van der Waals surface area contributed by atoms with Gasteiger partial charge in [-0.05, 0) is 55.5 Å². The maximum Gasteiger partial charge on any atom is 0.347 e. The Morgan fingerprint density at radius 2 is 2.03 bits per heavy atom. The van der Waals surface area contributed by atoms with Crippen LogP contribution in [0.2, 0.25) is 0 Å². The molecule has 150 valence electrons. The summed E-state index contributed by atoms with van der Waals surface area (Å²) in [6.07, 6.45) is 7.31. The molecule has 3 aromatic rings. The van der Waals surface area contributed by atoms with E-state index in [2.05, 4.69) is 10.2 Å². The van der Waals surface area contributed by atoms with Crippen molar-refractivity contribution < 1.29 is 9.21 Å². The highest BCUT2D eigenvalue weighted by Gasteiger charge is 2.24. The fourth-order valence-electron chi connectivity index (χ4n) is 3.79. The second-order valence-corrected chi connectivity index (χ2v) is 7.39. The van der Waals surface area contributed by atoms with Gasteiger partial charge in [0.05, 0.1) is 12.0 Å². The van der Waals surface area contributed by atoms with Crippen molar-refractivity contribution in [3.63, 3.8) is 0 Å². The molecule has 1 N–H and O–H groups in total. The van der Waals surface area contributed by atoms with E-state index in [1.165, 1.54) is 0 Å². The molecule has 0 radical (unpaired) electrons. The van der Waals surface area contributed by atoms with Crippen molar-refractivity contribution in [2.75, 3.05) is 13.1 Å². The minimum atomic E-state index is -0.218. The van der Waals surface area contributed by atoms with Crippen molar-refractivity contribution >= 4 is 12.0 Å². The number of hydrogen-bond donors (Lipinski definition) is 1. The molecule has 2 aromatic heterocycles. The summed E-state index contributed by atoms with van der Waals surface area (Å²) >= 11 is 0. The molecule has 7 heteroatoms. The molecule has 1 fully saturated rings. The van der Waals surface area contributed by atoms with Crippen molar-refractivity contribution in [2.24, 2.45) is 5.92 Å². The number of para-hydroxylation sites is 1. The number of H-pyrrole nitrogens is 1. The molecule has 1 aliphatic heterocycles. The lowest BCUT2D eigenvalue weighted by atomic mass is 9.93. The predicted octanol–water partition coefficient (Wildman–Crippen LogP) is 2.96. The van der Waals surface area contributed by atoms with Crippen LogP contribution in [0.3, 0.4) is 0 Å². The lowest BCUT2D eigenvalue weighted by molar-refractivity contribution is -0.127. The lowest BCUT2D eigenvalue weighted by Gasteiger charge is -2.31. The van der Waals surface area contributed by atoms with Crippen molar-refractivity contribution in [3.05, 3.63) is 76.4 Å². The van der Waals surface area contributed by atoms with Gasteiger partial charge in [-0.15, -0.1) is 0 Å². The van der Waals surface area contributed by atoms with Crippen LogP contribution in [0.4, 0.5) is 0 Å². The van der Waals surface area contributed by atoms with E-state index in [0.717, 1.165) is 29.9 Å². The summed E-state index contributed by atoms with van der Waals surface area (Å²) < 4.78 is 6.88. The molecule has 1 aromatic carbocycles. The average Bonchev–Trinajstić information content (AvgIpc) is 3.37. The van der Waals surface area contributed by atoms with Gasteiger partial charge in [0.1, 0.15) is 11.6 Å². The molecule has 7 nitrogen and oxygen atoms in total. The van der Waals surface area contributed by atoms with Crippen LogP contribution in [-0.2, 0) is 11.2 Å². The Morgan fingerprint density at radius 3 is 2.76 bits per heavy atom. The van der Waals surface area contributed by atoms with E-state index >= 15 is 0 Å². The van der Waals surface area contributed by atoms with Gasteiger partial charge in [-0.1, -0.05) is 18.2 Å². The SMILES string of the molecule is Cc1ccccc1-n1c(CC2CCN(C(=O)C=Cc3ccco3)CC2)n[nH]c1=O. The second-order valence-electron chi connectivity index (χ2n) is 7.39. The first-order valence-corrected chi connectivity index (χ1v) is 9.84. The maximum atomic E-state index is 12.4. The standard InChI is InChI=1S/C22H24N4O3/c1-16-5-2-3-7-19(16)26-20(23-24-22(26)28)15-17-10-12-25(13-11-17)21(27)9-8-18-6-4-14-29-18/h2-9,14,17H,10-13,15H2,1H3,(H,24,28). The monoisotopic (exact) mass is 392 g/mol. The number of nitrogens with zero attached hydrogens (tertiary/aromatic N) is 3. The van der Waals surface area contributed by atoms with Crippen LogP contribution in [0.5, 0.6) is 0 Å². The number of nitrogens with one attached hydrogen (secondary N) is 1. The number of amides is 1. The zero-order chi connectivity index (χ0) is 20.2. The number of hydrogen-bond acceptors (Lipinski definition) is 4. The van der Waals surface area contributed by atoms with E-state index in [1.807, 2.05) is 42.2 Å². The van der Waals surface area contributed by atoms with Crippen molar-refractivity contribution in [2.45, 2.75) is 26.2 Å². The van der Waals surface area contributed by atoms with Crippen LogP contribution < -0.4 is 5.69 Å². The van der Waals surface area contributed by atoms with Crippen molar-refractivity contribution in [1.82, 2.24) is 19.7 Å². The minimum absolute atomic E-state index is 0.00330. The fourth-order valence-corrected chi connectivity index (χ4v) is 3.79. The van der Waals surface area contributed by atoms with Gasteiger partial charge in [-0.25, -0.2) is 14.5 Å². The third-order valence-electron chi connectivity index (χ3n) is 5.43. The Bertz CT molecular complexity index is 1050. The van der Waals surface area contributed by atoms with Gasteiger partial charge < -0.3 is 9.32 Å². The largest absolute Gasteiger partial charge is 0.465 e. The Hall–Kier alpha value is -3.35. The molecular formula is C22H24N4O3.